The van der Waals surface area contributed by atoms with Gasteiger partial charge in [0.2, 0.25) is 11.8 Å². The molecule has 0 unspecified atom stereocenters. The van der Waals surface area contributed by atoms with Crippen LogP contribution >= 0.6 is 0 Å². The van der Waals surface area contributed by atoms with Crippen LogP contribution in [0.4, 0.5) is 17.1 Å². The molecule has 3 aliphatic rings. The first-order chi connectivity index (χ1) is 13.9. The Labute approximate surface area is 171 Å². The predicted octanol–water partition coefficient (Wildman–Crippen LogP) is 4.15. The van der Waals surface area contributed by atoms with Crippen molar-refractivity contribution >= 4 is 28.9 Å². The lowest BCUT2D eigenvalue weighted by Crippen LogP contribution is -2.31. The van der Waals surface area contributed by atoms with Crippen LogP contribution in [-0.2, 0) is 9.59 Å². The van der Waals surface area contributed by atoms with Gasteiger partial charge in [-0.05, 0) is 62.5 Å². The Morgan fingerprint density at radius 1 is 1.14 bits per heavy atom. The first-order valence-electron chi connectivity index (χ1n) is 10.8. The number of anilines is 2. The molecule has 7 nitrogen and oxygen atoms in total. The molecule has 1 heterocycles. The highest BCUT2D eigenvalue weighted by atomic mass is 16.6. The molecule has 2 saturated carbocycles. The van der Waals surface area contributed by atoms with E-state index in [0.717, 1.165) is 38.8 Å². The second kappa shape index (κ2) is 7.76. The van der Waals surface area contributed by atoms with E-state index < -0.39 is 4.92 Å². The van der Waals surface area contributed by atoms with Gasteiger partial charge >= 0.3 is 0 Å². The van der Waals surface area contributed by atoms with Crippen molar-refractivity contribution in [1.29, 1.82) is 0 Å². The van der Waals surface area contributed by atoms with E-state index in [2.05, 4.69) is 18.7 Å². The van der Waals surface area contributed by atoms with Crippen LogP contribution in [0.3, 0.4) is 0 Å². The van der Waals surface area contributed by atoms with Gasteiger partial charge in [0.05, 0.1) is 22.4 Å². The van der Waals surface area contributed by atoms with Crippen molar-refractivity contribution in [2.24, 2.45) is 23.7 Å². The molecule has 0 spiro atoms. The maximum Gasteiger partial charge on any atom is 0.294 e. The molecule has 1 aromatic rings. The third-order valence-corrected chi connectivity index (χ3v) is 6.61. The Bertz CT molecular complexity index is 835. The maximum absolute atomic E-state index is 13.0. The van der Waals surface area contributed by atoms with Crippen LogP contribution in [0.5, 0.6) is 0 Å². The minimum absolute atomic E-state index is 0.0274. The topological polar surface area (TPSA) is 83.8 Å². The van der Waals surface area contributed by atoms with Gasteiger partial charge in [0.1, 0.15) is 5.69 Å². The van der Waals surface area contributed by atoms with Crippen molar-refractivity contribution in [1.82, 2.24) is 0 Å². The number of nitro groups is 1. The van der Waals surface area contributed by atoms with Gasteiger partial charge in [0, 0.05) is 19.2 Å². The second-order valence-corrected chi connectivity index (χ2v) is 8.96. The molecule has 156 valence electrons. The minimum Gasteiger partial charge on any atom is -0.366 e. The zero-order valence-electron chi connectivity index (χ0n) is 17.2. The normalized spacial score (nSPS) is 26.6. The third kappa shape index (κ3) is 3.74. The van der Waals surface area contributed by atoms with Crippen LogP contribution < -0.4 is 9.80 Å². The Morgan fingerprint density at radius 3 is 2.52 bits per heavy atom. The molecule has 1 aromatic carbocycles. The fourth-order valence-corrected chi connectivity index (χ4v) is 4.90. The van der Waals surface area contributed by atoms with E-state index in [9.17, 15) is 19.7 Å². The second-order valence-electron chi connectivity index (χ2n) is 8.96. The average molecular weight is 399 g/mol. The van der Waals surface area contributed by atoms with E-state index in [-0.39, 0.29) is 29.3 Å². The Hall–Kier alpha value is -2.44. The lowest BCUT2D eigenvalue weighted by molar-refractivity contribution is -0.384. The molecule has 29 heavy (non-hydrogen) atoms. The Kier molecular flexibility index (Phi) is 5.32. The third-order valence-electron chi connectivity index (χ3n) is 6.61. The smallest absolute Gasteiger partial charge is 0.294 e. The molecule has 3 atom stereocenters. The zero-order valence-corrected chi connectivity index (χ0v) is 17.2. The lowest BCUT2D eigenvalue weighted by Gasteiger charge is -2.25. The number of fused-ring (bicyclic) bond motifs is 1. The number of imide groups is 1. The molecule has 7 heteroatoms. The first-order valence-corrected chi connectivity index (χ1v) is 10.8. The van der Waals surface area contributed by atoms with Gasteiger partial charge in [-0.3, -0.25) is 19.7 Å². The summed E-state index contributed by atoms with van der Waals surface area (Å²) in [5, 5.41) is 11.8. The highest BCUT2D eigenvalue weighted by Gasteiger charge is 2.50. The van der Waals surface area contributed by atoms with Gasteiger partial charge in [-0.25, -0.2) is 4.90 Å². The molecular formula is C22H29N3O4. The molecular weight excluding hydrogens is 370 g/mol. The first kappa shape index (κ1) is 19.9. The summed E-state index contributed by atoms with van der Waals surface area (Å²) >= 11 is 0. The number of nitro benzene ring substituents is 1. The lowest BCUT2D eigenvalue weighted by atomic mass is 9.76. The molecule has 2 aliphatic carbocycles. The number of amides is 2. The number of rotatable bonds is 7. The monoisotopic (exact) mass is 399 g/mol. The van der Waals surface area contributed by atoms with Crippen molar-refractivity contribution in [2.45, 2.75) is 52.4 Å². The van der Waals surface area contributed by atoms with Crippen molar-refractivity contribution in [3.05, 3.63) is 28.3 Å². The van der Waals surface area contributed by atoms with Crippen molar-refractivity contribution in [3.8, 4) is 0 Å². The standard InChI is InChI=1S/C22H29N3O4/c1-3-10-23(13-15-5-6-15)19-9-7-16(12-20(19)25(28)29)24-21(26)17-8-4-14(2)11-18(17)22(24)27/h7,9,12,14-15,17-18H,3-6,8,10-11,13H2,1-2H3/t14-,17+,18+/m0/s1. The fourth-order valence-electron chi connectivity index (χ4n) is 4.90. The van der Waals surface area contributed by atoms with E-state index in [1.54, 1.807) is 12.1 Å². The van der Waals surface area contributed by atoms with Crippen LogP contribution in [0, 0.1) is 33.8 Å². The van der Waals surface area contributed by atoms with E-state index >= 15 is 0 Å². The summed E-state index contributed by atoms with van der Waals surface area (Å²) < 4.78 is 0. The molecule has 3 fully saturated rings. The van der Waals surface area contributed by atoms with E-state index in [1.165, 1.54) is 23.8 Å². The van der Waals surface area contributed by atoms with Gasteiger partial charge < -0.3 is 4.90 Å². The largest absolute Gasteiger partial charge is 0.366 e. The molecule has 0 bridgehead atoms. The number of hydrogen-bond acceptors (Lipinski definition) is 5. The highest BCUT2D eigenvalue weighted by Crippen LogP contribution is 2.44. The van der Waals surface area contributed by atoms with Gasteiger partial charge in [-0.2, -0.15) is 0 Å². The summed E-state index contributed by atoms with van der Waals surface area (Å²) in [6.07, 6.45) is 5.63. The van der Waals surface area contributed by atoms with E-state index in [1.807, 2.05) is 0 Å². The molecule has 0 radical (unpaired) electrons. The van der Waals surface area contributed by atoms with Crippen LogP contribution in [-0.4, -0.2) is 29.8 Å². The maximum atomic E-state index is 13.0. The fraction of sp³-hybridized carbons (Fsp3) is 0.636. The van der Waals surface area contributed by atoms with Crippen LogP contribution in [0.15, 0.2) is 18.2 Å². The molecule has 1 saturated heterocycles. The van der Waals surface area contributed by atoms with Gasteiger partial charge in [-0.15, -0.1) is 0 Å². The predicted molar refractivity (Wildman–Crippen MR) is 111 cm³/mol. The summed E-state index contributed by atoms with van der Waals surface area (Å²) in [4.78, 5) is 40.6. The van der Waals surface area contributed by atoms with Crippen molar-refractivity contribution < 1.29 is 14.5 Å². The Morgan fingerprint density at radius 2 is 1.86 bits per heavy atom. The average Bonchev–Trinajstić information content (AvgIpc) is 3.47. The number of nitrogens with zero attached hydrogens (tertiary/aromatic N) is 3. The van der Waals surface area contributed by atoms with Gasteiger partial charge in [0.15, 0.2) is 0 Å². The van der Waals surface area contributed by atoms with Crippen molar-refractivity contribution in [3.63, 3.8) is 0 Å². The zero-order chi connectivity index (χ0) is 20.7. The molecule has 0 aromatic heterocycles. The van der Waals surface area contributed by atoms with E-state index in [4.69, 9.17) is 0 Å². The van der Waals surface area contributed by atoms with Gasteiger partial charge in [-0.1, -0.05) is 13.8 Å². The SMILES string of the molecule is CCCN(CC1CC1)c1ccc(N2C(=O)[C@@H]3CC[C@H](C)C[C@H]3C2=O)cc1[N+](=O)[O-]. The van der Waals surface area contributed by atoms with Crippen LogP contribution in [0.2, 0.25) is 0 Å². The summed E-state index contributed by atoms with van der Waals surface area (Å²) in [7, 11) is 0. The minimum atomic E-state index is -0.394. The summed E-state index contributed by atoms with van der Waals surface area (Å²) in [5.74, 6) is 0.0806. The van der Waals surface area contributed by atoms with Gasteiger partial charge in [0.25, 0.3) is 5.69 Å². The summed E-state index contributed by atoms with van der Waals surface area (Å²) in [6, 6.07) is 4.84. The molecule has 0 N–H and O–H groups in total. The highest BCUT2D eigenvalue weighted by molar-refractivity contribution is 6.22. The number of hydrogen-bond donors (Lipinski definition) is 0. The van der Waals surface area contributed by atoms with Crippen molar-refractivity contribution in [2.75, 3.05) is 22.9 Å². The summed E-state index contributed by atoms with van der Waals surface area (Å²) in [5.41, 5.74) is 0.887. The molecule has 2 amide bonds. The number of benzene rings is 1. The van der Waals surface area contributed by atoms with Crippen LogP contribution in [0.25, 0.3) is 0 Å². The van der Waals surface area contributed by atoms with E-state index in [0.29, 0.717) is 23.2 Å². The van der Waals surface area contributed by atoms with Crippen LogP contribution in [0.1, 0.15) is 52.4 Å². The molecule has 4 rings (SSSR count). The summed E-state index contributed by atoms with van der Waals surface area (Å²) in [6.45, 7) is 5.74. The quantitative estimate of drug-likeness (QED) is 0.391. The molecule has 1 aliphatic heterocycles. The Balaban J connectivity index is 1.66. The number of carbonyl (C=O) groups is 2. The number of carbonyl (C=O) groups excluding carboxylic acids is 2.